The number of carbonyl (C=O) groups is 2. The van der Waals surface area contributed by atoms with Crippen LogP contribution in [-0.4, -0.2) is 61.7 Å². The first-order valence-electron chi connectivity index (χ1n) is 10.1. The van der Waals surface area contributed by atoms with Crippen molar-refractivity contribution in [2.75, 3.05) is 31.5 Å². The molecule has 0 unspecified atom stereocenters. The first kappa shape index (κ1) is 22.5. The lowest BCUT2D eigenvalue weighted by atomic mass is 10.2. The lowest BCUT2D eigenvalue weighted by molar-refractivity contribution is -0.123. The van der Waals surface area contributed by atoms with Crippen molar-refractivity contribution in [1.82, 2.24) is 9.21 Å². The predicted molar refractivity (Wildman–Crippen MR) is 116 cm³/mol. The Hall–Kier alpha value is -2.69. The second kappa shape index (κ2) is 8.68. The third-order valence-corrected chi connectivity index (χ3v) is 7.66. The van der Waals surface area contributed by atoms with Crippen LogP contribution in [0.5, 0.6) is 5.75 Å². The highest BCUT2D eigenvalue weighted by atomic mass is 35.5. The number of fused-ring (bicyclic) bond motifs is 1. The Bertz CT molecular complexity index is 1180. The number of hydrogen-bond acceptors (Lipinski definition) is 5. The third kappa shape index (κ3) is 4.17. The normalized spacial score (nSPS) is 19.2. The molecule has 0 aromatic heterocycles. The molecule has 2 aromatic carbocycles. The Kier molecular flexibility index (Phi) is 6.11. The Labute approximate surface area is 189 Å². The van der Waals surface area contributed by atoms with Crippen molar-refractivity contribution < 1.29 is 27.1 Å². The highest BCUT2D eigenvalue weighted by Crippen LogP contribution is 2.33. The molecule has 1 atom stereocenters. The second-order valence-corrected chi connectivity index (χ2v) is 9.83. The maximum Gasteiger partial charge on any atom is 0.265 e. The van der Waals surface area contributed by atoms with Crippen molar-refractivity contribution in [3.63, 3.8) is 0 Å². The molecule has 11 heteroatoms. The molecule has 0 bridgehead atoms. The summed E-state index contributed by atoms with van der Waals surface area (Å²) in [5.74, 6) is -0.856. The standard InChI is InChI=1S/C21H21ClFN3O5S/c1-2-18-20(27)24-17-12-14(4-6-19(17)31-18)32(29,30)26-9-7-25(8-10-26)21(28)13-3-5-16(23)15(22)11-13/h3-6,11-12,18H,2,7-10H2,1H3,(H,24,27)/t18-/m0/s1. The zero-order valence-electron chi connectivity index (χ0n) is 17.2. The van der Waals surface area contributed by atoms with Crippen molar-refractivity contribution in [2.24, 2.45) is 0 Å². The van der Waals surface area contributed by atoms with E-state index in [0.717, 1.165) is 6.07 Å². The number of sulfonamides is 1. The largest absolute Gasteiger partial charge is 0.478 e. The van der Waals surface area contributed by atoms with Crippen LogP contribution in [0.25, 0.3) is 0 Å². The Balaban J connectivity index is 1.46. The number of carbonyl (C=O) groups excluding carboxylic acids is 2. The minimum atomic E-state index is -3.84. The van der Waals surface area contributed by atoms with Crippen LogP contribution in [0.1, 0.15) is 23.7 Å². The topological polar surface area (TPSA) is 96.0 Å². The van der Waals surface area contributed by atoms with Crippen LogP contribution in [0.3, 0.4) is 0 Å². The van der Waals surface area contributed by atoms with Gasteiger partial charge in [-0.3, -0.25) is 9.59 Å². The molecule has 2 aliphatic heterocycles. The third-order valence-electron chi connectivity index (χ3n) is 5.47. The fourth-order valence-corrected chi connectivity index (χ4v) is 5.28. The lowest BCUT2D eigenvalue weighted by Gasteiger charge is -2.34. The molecular formula is C21H21ClFN3O5S. The van der Waals surface area contributed by atoms with E-state index in [1.165, 1.54) is 39.5 Å². The summed E-state index contributed by atoms with van der Waals surface area (Å²) >= 11 is 5.75. The molecule has 0 spiro atoms. The number of halogens is 2. The van der Waals surface area contributed by atoms with E-state index >= 15 is 0 Å². The van der Waals surface area contributed by atoms with E-state index in [2.05, 4.69) is 5.32 Å². The van der Waals surface area contributed by atoms with Crippen LogP contribution in [0.15, 0.2) is 41.3 Å². The molecule has 170 valence electrons. The molecule has 0 saturated carbocycles. The van der Waals surface area contributed by atoms with Gasteiger partial charge in [0.2, 0.25) is 10.0 Å². The van der Waals surface area contributed by atoms with Gasteiger partial charge in [0.25, 0.3) is 11.8 Å². The van der Waals surface area contributed by atoms with Gasteiger partial charge in [-0.1, -0.05) is 18.5 Å². The molecule has 0 radical (unpaired) electrons. The molecule has 4 rings (SSSR count). The highest BCUT2D eigenvalue weighted by molar-refractivity contribution is 7.89. The fraction of sp³-hybridized carbons (Fsp3) is 0.333. The van der Waals surface area contributed by atoms with Gasteiger partial charge in [0.1, 0.15) is 11.6 Å². The van der Waals surface area contributed by atoms with Crippen molar-refractivity contribution in [2.45, 2.75) is 24.3 Å². The average Bonchev–Trinajstić information content (AvgIpc) is 2.79. The maximum absolute atomic E-state index is 13.4. The Morgan fingerprint density at radius 3 is 2.56 bits per heavy atom. The summed E-state index contributed by atoms with van der Waals surface area (Å²) in [5.41, 5.74) is 0.547. The van der Waals surface area contributed by atoms with Gasteiger partial charge in [-0.05, 0) is 42.8 Å². The van der Waals surface area contributed by atoms with Crippen LogP contribution in [-0.2, 0) is 14.8 Å². The number of rotatable bonds is 4. The van der Waals surface area contributed by atoms with Gasteiger partial charge in [-0.25, -0.2) is 12.8 Å². The van der Waals surface area contributed by atoms with Crippen molar-refractivity contribution in [1.29, 1.82) is 0 Å². The summed E-state index contributed by atoms with van der Waals surface area (Å²) in [4.78, 5) is 26.2. The average molecular weight is 482 g/mol. The monoisotopic (exact) mass is 481 g/mol. The number of amides is 2. The van der Waals surface area contributed by atoms with Crippen LogP contribution in [0.2, 0.25) is 5.02 Å². The zero-order valence-corrected chi connectivity index (χ0v) is 18.7. The van der Waals surface area contributed by atoms with Gasteiger partial charge < -0.3 is 15.0 Å². The van der Waals surface area contributed by atoms with Crippen LogP contribution in [0.4, 0.5) is 10.1 Å². The van der Waals surface area contributed by atoms with Crippen LogP contribution in [0, 0.1) is 5.82 Å². The van der Waals surface area contributed by atoms with Gasteiger partial charge in [-0.2, -0.15) is 4.31 Å². The molecule has 1 N–H and O–H groups in total. The molecule has 2 amide bonds. The smallest absolute Gasteiger partial charge is 0.265 e. The number of anilines is 1. The van der Waals surface area contributed by atoms with Gasteiger partial charge in [0.05, 0.1) is 15.6 Å². The van der Waals surface area contributed by atoms with Gasteiger partial charge in [0, 0.05) is 31.7 Å². The second-order valence-electron chi connectivity index (χ2n) is 7.49. The van der Waals surface area contributed by atoms with Crippen molar-refractivity contribution in [3.8, 4) is 5.75 Å². The minimum Gasteiger partial charge on any atom is -0.478 e. The SMILES string of the molecule is CC[C@@H]1Oc2ccc(S(=O)(=O)N3CCN(C(=O)c4ccc(F)c(Cl)c4)CC3)cc2NC1=O. The number of ether oxygens (including phenoxy) is 1. The van der Waals surface area contributed by atoms with Gasteiger partial charge in [0.15, 0.2) is 6.10 Å². The van der Waals surface area contributed by atoms with E-state index in [-0.39, 0.29) is 53.5 Å². The number of piperazine rings is 1. The van der Waals surface area contributed by atoms with E-state index in [1.807, 2.05) is 6.92 Å². The van der Waals surface area contributed by atoms with E-state index in [0.29, 0.717) is 17.9 Å². The summed E-state index contributed by atoms with van der Waals surface area (Å²) < 4.78 is 46.5. The van der Waals surface area contributed by atoms with E-state index in [4.69, 9.17) is 16.3 Å². The minimum absolute atomic E-state index is 0.0280. The fourth-order valence-electron chi connectivity index (χ4n) is 3.65. The molecule has 2 aromatic rings. The van der Waals surface area contributed by atoms with Crippen molar-refractivity contribution >= 4 is 39.1 Å². The maximum atomic E-state index is 13.4. The van der Waals surface area contributed by atoms with E-state index in [1.54, 1.807) is 0 Å². The summed E-state index contributed by atoms with van der Waals surface area (Å²) in [6, 6.07) is 8.08. The summed E-state index contributed by atoms with van der Waals surface area (Å²) in [7, 11) is -3.84. The first-order chi connectivity index (χ1) is 15.2. The summed E-state index contributed by atoms with van der Waals surface area (Å²) in [5, 5.41) is 2.54. The van der Waals surface area contributed by atoms with Gasteiger partial charge in [-0.15, -0.1) is 0 Å². The molecular weight excluding hydrogens is 461 g/mol. The Morgan fingerprint density at radius 1 is 1.19 bits per heavy atom. The highest BCUT2D eigenvalue weighted by Gasteiger charge is 2.33. The van der Waals surface area contributed by atoms with Crippen LogP contribution < -0.4 is 10.1 Å². The molecule has 8 nitrogen and oxygen atoms in total. The number of hydrogen-bond donors (Lipinski definition) is 1. The first-order valence-corrected chi connectivity index (χ1v) is 11.9. The Morgan fingerprint density at radius 2 is 1.91 bits per heavy atom. The zero-order chi connectivity index (χ0) is 23.0. The van der Waals surface area contributed by atoms with Crippen LogP contribution >= 0.6 is 11.6 Å². The van der Waals surface area contributed by atoms with E-state index in [9.17, 15) is 22.4 Å². The van der Waals surface area contributed by atoms with E-state index < -0.39 is 21.9 Å². The predicted octanol–water partition coefficient (Wildman–Crippen LogP) is 2.74. The summed E-state index contributed by atoms with van der Waals surface area (Å²) in [6.45, 7) is 2.37. The lowest BCUT2D eigenvalue weighted by Crippen LogP contribution is -2.50. The molecule has 1 fully saturated rings. The molecule has 2 heterocycles. The molecule has 2 aliphatic rings. The van der Waals surface area contributed by atoms with Crippen molar-refractivity contribution in [3.05, 3.63) is 52.8 Å². The molecule has 32 heavy (non-hydrogen) atoms. The number of benzene rings is 2. The summed E-state index contributed by atoms with van der Waals surface area (Å²) in [6.07, 6.45) is -0.107. The molecule has 1 saturated heterocycles. The quantitative estimate of drug-likeness (QED) is 0.724. The van der Waals surface area contributed by atoms with Gasteiger partial charge >= 0.3 is 0 Å². The number of nitrogens with zero attached hydrogens (tertiary/aromatic N) is 2. The molecule has 0 aliphatic carbocycles. The number of nitrogens with one attached hydrogen (secondary N) is 1.